The van der Waals surface area contributed by atoms with E-state index in [0.717, 1.165) is 36.1 Å². The van der Waals surface area contributed by atoms with Crippen LogP contribution in [0.3, 0.4) is 0 Å². The molecule has 1 fully saturated rings. The molecule has 4 heteroatoms. The van der Waals surface area contributed by atoms with E-state index in [-0.39, 0.29) is 6.10 Å². The Morgan fingerprint density at radius 1 is 1.47 bits per heavy atom. The van der Waals surface area contributed by atoms with Crippen LogP contribution in [-0.2, 0) is 0 Å². The lowest BCUT2D eigenvalue weighted by atomic mass is 10.1. The maximum absolute atomic E-state index is 10.1. The van der Waals surface area contributed by atoms with Gasteiger partial charge in [0.1, 0.15) is 0 Å². The first-order valence-corrected chi connectivity index (χ1v) is 6.78. The number of likely N-dealkylation sites (tertiary alicyclic amines) is 1. The SMILES string of the molecule is OC1CCN(CCC(O)c2cccc(Br)c2)C1. The molecule has 2 rings (SSSR count). The Hall–Kier alpha value is -0.420. The van der Waals surface area contributed by atoms with Gasteiger partial charge in [0, 0.05) is 24.1 Å². The van der Waals surface area contributed by atoms with E-state index in [0.29, 0.717) is 6.42 Å². The minimum absolute atomic E-state index is 0.182. The molecule has 0 saturated carbocycles. The fourth-order valence-corrected chi connectivity index (χ4v) is 2.62. The quantitative estimate of drug-likeness (QED) is 0.893. The van der Waals surface area contributed by atoms with Crippen LogP contribution in [0.1, 0.15) is 24.5 Å². The molecule has 2 atom stereocenters. The first-order chi connectivity index (χ1) is 8.15. The Morgan fingerprint density at radius 2 is 2.29 bits per heavy atom. The van der Waals surface area contributed by atoms with E-state index in [1.165, 1.54) is 0 Å². The monoisotopic (exact) mass is 299 g/mol. The van der Waals surface area contributed by atoms with Gasteiger partial charge in [-0.1, -0.05) is 28.1 Å². The number of hydrogen-bond acceptors (Lipinski definition) is 3. The Labute approximate surface area is 110 Å². The van der Waals surface area contributed by atoms with Crippen molar-refractivity contribution in [3.05, 3.63) is 34.3 Å². The van der Waals surface area contributed by atoms with Crippen LogP contribution in [-0.4, -0.2) is 40.9 Å². The van der Waals surface area contributed by atoms with Gasteiger partial charge in [-0.25, -0.2) is 0 Å². The van der Waals surface area contributed by atoms with Gasteiger partial charge in [0.05, 0.1) is 12.2 Å². The molecule has 0 aromatic heterocycles. The molecule has 0 bridgehead atoms. The van der Waals surface area contributed by atoms with Gasteiger partial charge in [-0.15, -0.1) is 0 Å². The lowest BCUT2D eigenvalue weighted by Gasteiger charge is -2.18. The van der Waals surface area contributed by atoms with Crippen molar-refractivity contribution in [2.24, 2.45) is 0 Å². The summed E-state index contributed by atoms with van der Waals surface area (Å²) >= 11 is 3.40. The largest absolute Gasteiger partial charge is 0.392 e. The average molecular weight is 300 g/mol. The second-order valence-electron chi connectivity index (χ2n) is 4.60. The van der Waals surface area contributed by atoms with Crippen molar-refractivity contribution < 1.29 is 10.2 Å². The summed E-state index contributed by atoms with van der Waals surface area (Å²) in [6.07, 6.45) is 0.958. The Kier molecular flexibility index (Phi) is 4.56. The lowest BCUT2D eigenvalue weighted by Crippen LogP contribution is -2.24. The van der Waals surface area contributed by atoms with E-state index >= 15 is 0 Å². The summed E-state index contributed by atoms with van der Waals surface area (Å²) in [5, 5.41) is 19.5. The van der Waals surface area contributed by atoms with Crippen LogP contribution < -0.4 is 0 Å². The lowest BCUT2D eigenvalue weighted by molar-refractivity contribution is 0.138. The number of aliphatic hydroxyl groups is 2. The summed E-state index contributed by atoms with van der Waals surface area (Å²) in [6.45, 7) is 2.52. The molecule has 1 heterocycles. The van der Waals surface area contributed by atoms with Crippen molar-refractivity contribution in [3.8, 4) is 0 Å². The number of halogens is 1. The minimum Gasteiger partial charge on any atom is -0.392 e. The zero-order valence-corrected chi connectivity index (χ0v) is 11.3. The van der Waals surface area contributed by atoms with E-state index < -0.39 is 6.10 Å². The van der Waals surface area contributed by atoms with Crippen LogP contribution in [0.2, 0.25) is 0 Å². The molecule has 1 aromatic rings. The van der Waals surface area contributed by atoms with Gasteiger partial charge in [0.25, 0.3) is 0 Å². The average Bonchev–Trinajstić information content (AvgIpc) is 2.72. The van der Waals surface area contributed by atoms with Gasteiger partial charge in [-0.3, -0.25) is 0 Å². The normalized spacial score (nSPS) is 22.9. The molecule has 1 aliphatic heterocycles. The zero-order valence-electron chi connectivity index (χ0n) is 9.72. The van der Waals surface area contributed by atoms with E-state index in [1.807, 2.05) is 24.3 Å². The fraction of sp³-hybridized carbons (Fsp3) is 0.538. The second-order valence-corrected chi connectivity index (χ2v) is 5.52. The molecule has 1 aromatic carbocycles. The van der Waals surface area contributed by atoms with Crippen molar-refractivity contribution in [2.75, 3.05) is 19.6 Å². The summed E-state index contributed by atoms with van der Waals surface area (Å²) < 4.78 is 0.991. The van der Waals surface area contributed by atoms with Crippen LogP contribution in [0.4, 0.5) is 0 Å². The van der Waals surface area contributed by atoms with E-state index in [9.17, 15) is 10.2 Å². The second kappa shape index (κ2) is 5.96. The van der Waals surface area contributed by atoms with Crippen LogP contribution in [0.15, 0.2) is 28.7 Å². The van der Waals surface area contributed by atoms with Crippen LogP contribution in [0.25, 0.3) is 0 Å². The highest BCUT2D eigenvalue weighted by Gasteiger charge is 2.20. The van der Waals surface area contributed by atoms with Gasteiger partial charge in [0.2, 0.25) is 0 Å². The smallest absolute Gasteiger partial charge is 0.0802 e. The Balaban J connectivity index is 1.83. The third-order valence-corrected chi connectivity index (χ3v) is 3.69. The molecule has 3 nitrogen and oxygen atoms in total. The van der Waals surface area contributed by atoms with E-state index in [2.05, 4.69) is 20.8 Å². The number of nitrogens with zero attached hydrogens (tertiary/aromatic N) is 1. The van der Waals surface area contributed by atoms with E-state index in [4.69, 9.17) is 0 Å². The molecule has 0 amide bonds. The van der Waals surface area contributed by atoms with Crippen LogP contribution in [0.5, 0.6) is 0 Å². The van der Waals surface area contributed by atoms with Gasteiger partial charge in [0.15, 0.2) is 0 Å². The molecular weight excluding hydrogens is 282 g/mol. The molecule has 2 N–H and O–H groups in total. The molecule has 2 unspecified atom stereocenters. The summed E-state index contributed by atoms with van der Waals surface area (Å²) in [6, 6.07) is 7.77. The summed E-state index contributed by atoms with van der Waals surface area (Å²) in [4.78, 5) is 2.20. The molecule has 1 aliphatic rings. The van der Waals surface area contributed by atoms with Crippen molar-refractivity contribution >= 4 is 15.9 Å². The first-order valence-electron chi connectivity index (χ1n) is 5.99. The maximum atomic E-state index is 10.1. The standard InChI is InChI=1S/C13H18BrNO2/c14-11-3-1-2-10(8-11)13(17)5-7-15-6-4-12(16)9-15/h1-3,8,12-13,16-17H,4-7,9H2. The molecule has 94 valence electrons. The van der Waals surface area contributed by atoms with Gasteiger partial charge >= 0.3 is 0 Å². The van der Waals surface area contributed by atoms with Crippen LogP contribution in [0, 0.1) is 0 Å². The molecule has 1 saturated heterocycles. The predicted octanol–water partition coefficient (Wildman–Crippen LogP) is 1.94. The summed E-state index contributed by atoms with van der Waals surface area (Å²) in [7, 11) is 0. The predicted molar refractivity (Wildman–Crippen MR) is 70.8 cm³/mol. The van der Waals surface area contributed by atoms with Gasteiger partial charge in [-0.05, 0) is 30.5 Å². The molecular formula is C13H18BrNO2. The van der Waals surface area contributed by atoms with Crippen LogP contribution >= 0.6 is 15.9 Å². The minimum atomic E-state index is -0.426. The molecule has 0 aliphatic carbocycles. The highest BCUT2D eigenvalue weighted by Crippen LogP contribution is 2.21. The number of β-amino-alcohol motifs (C(OH)–C–C–N with tert-alkyl or cyclic N) is 1. The maximum Gasteiger partial charge on any atom is 0.0802 e. The van der Waals surface area contributed by atoms with Crippen molar-refractivity contribution in [1.82, 2.24) is 4.90 Å². The van der Waals surface area contributed by atoms with Crippen molar-refractivity contribution in [3.63, 3.8) is 0 Å². The Bertz CT molecular complexity index is 372. The van der Waals surface area contributed by atoms with Crippen molar-refractivity contribution in [1.29, 1.82) is 0 Å². The number of aliphatic hydroxyl groups excluding tert-OH is 2. The third kappa shape index (κ3) is 3.78. The highest BCUT2D eigenvalue weighted by molar-refractivity contribution is 9.10. The third-order valence-electron chi connectivity index (χ3n) is 3.20. The number of hydrogen-bond donors (Lipinski definition) is 2. The van der Waals surface area contributed by atoms with Crippen molar-refractivity contribution in [2.45, 2.75) is 25.0 Å². The summed E-state index contributed by atoms with van der Waals surface area (Å²) in [5.74, 6) is 0. The summed E-state index contributed by atoms with van der Waals surface area (Å²) in [5.41, 5.74) is 0.944. The fourth-order valence-electron chi connectivity index (χ4n) is 2.20. The zero-order chi connectivity index (χ0) is 12.3. The van der Waals surface area contributed by atoms with E-state index in [1.54, 1.807) is 0 Å². The van der Waals surface area contributed by atoms with Gasteiger partial charge < -0.3 is 15.1 Å². The molecule has 17 heavy (non-hydrogen) atoms. The number of rotatable bonds is 4. The van der Waals surface area contributed by atoms with Gasteiger partial charge in [-0.2, -0.15) is 0 Å². The molecule has 0 spiro atoms. The number of benzene rings is 1. The first kappa shape index (κ1) is 13.0. The topological polar surface area (TPSA) is 43.7 Å². The molecule has 0 radical (unpaired) electrons. The Morgan fingerprint density at radius 3 is 2.94 bits per heavy atom. The highest BCUT2D eigenvalue weighted by atomic mass is 79.9.